The summed E-state index contributed by atoms with van der Waals surface area (Å²) in [5, 5.41) is 10.4. The monoisotopic (exact) mass is 185 g/mol. The van der Waals surface area contributed by atoms with Crippen molar-refractivity contribution < 1.29 is 0 Å². The van der Waals surface area contributed by atoms with Gasteiger partial charge in [-0.15, -0.1) is 0 Å². The van der Waals surface area contributed by atoms with E-state index in [1.807, 2.05) is 0 Å². The van der Waals surface area contributed by atoms with Crippen molar-refractivity contribution >= 4 is 0 Å². The zero-order chi connectivity index (χ0) is 9.19. The Morgan fingerprint density at radius 1 is 0.385 bits per heavy atom. The van der Waals surface area contributed by atoms with E-state index in [1.54, 1.807) is 0 Å². The lowest BCUT2D eigenvalue weighted by molar-refractivity contribution is 0.582. The Hall–Kier alpha value is -0.120. The molecule has 1 rings (SSSR count). The zero-order valence-electron chi connectivity index (χ0n) is 8.57. The minimum atomic E-state index is 1.16. The summed E-state index contributed by atoms with van der Waals surface area (Å²) in [6.45, 7) is 7.02. The van der Waals surface area contributed by atoms with Crippen LogP contribution in [0.5, 0.6) is 0 Å². The average molecular weight is 185 g/mol. The predicted molar refractivity (Wildman–Crippen MR) is 57.1 cm³/mol. The maximum atomic E-state index is 3.46. The van der Waals surface area contributed by atoms with Gasteiger partial charge >= 0.3 is 0 Å². The van der Waals surface area contributed by atoms with Crippen molar-refractivity contribution in [3.63, 3.8) is 0 Å². The minimum Gasteiger partial charge on any atom is -0.317 e. The van der Waals surface area contributed by atoms with Gasteiger partial charge < -0.3 is 16.0 Å². The summed E-state index contributed by atoms with van der Waals surface area (Å²) in [7, 11) is 0. The van der Waals surface area contributed by atoms with Gasteiger partial charge in [0.25, 0.3) is 0 Å². The fourth-order valence-corrected chi connectivity index (χ4v) is 1.55. The van der Waals surface area contributed by atoms with Gasteiger partial charge in [0.1, 0.15) is 0 Å². The Morgan fingerprint density at radius 2 is 0.692 bits per heavy atom. The second kappa shape index (κ2) is 8.48. The molecular weight excluding hydrogens is 162 g/mol. The third-order valence-electron chi connectivity index (χ3n) is 2.37. The van der Waals surface area contributed by atoms with Crippen molar-refractivity contribution in [1.82, 2.24) is 16.0 Å². The molecule has 0 unspecified atom stereocenters. The Morgan fingerprint density at radius 3 is 1.08 bits per heavy atom. The summed E-state index contributed by atoms with van der Waals surface area (Å²) in [6.07, 6.45) is 5.13. The molecular formula is C10H23N3. The molecule has 3 heteroatoms. The number of hydrogen-bond acceptors (Lipinski definition) is 3. The molecule has 0 aliphatic carbocycles. The summed E-state index contributed by atoms with van der Waals surface area (Å²) >= 11 is 0. The maximum absolute atomic E-state index is 3.46. The van der Waals surface area contributed by atoms with Crippen LogP contribution in [-0.4, -0.2) is 39.3 Å². The van der Waals surface area contributed by atoms with E-state index < -0.39 is 0 Å². The molecule has 0 bridgehead atoms. The molecule has 0 spiro atoms. The van der Waals surface area contributed by atoms with E-state index in [1.165, 1.54) is 51.9 Å². The van der Waals surface area contributed by atoms with Gasteiger partial charge in [0.05, 0.1) is 0 Å². The highest BCUT2D eigenvalue weighted by molar-refractivity contribution is 4.57. The first-order valence-electron chi connectivity index (χ1n) is 5.62. The normalized spacial score (nSPS) is 24.0. The van der Waals surface area contributed by atoms with Gasteiger partial charge in [-0.1, -0.05) is 0 Å². The Balaban J connectivity index is 2.01. The van der Waals surface area contributed by atoms with E-state index in [0.29, 0.717) is 0 Å². The topological polar surface area (TPSA) is 36.1 Å². The van der Waals surface area contributed by atoms with Crippen LogP contribution in [0.25, 0.3) is 0 Å². The van der Waals surface area contributed by atoms with Crippen LogP contribution in [0.1, 0.15) is 25.7 Å². The first kappa shape index (κ1) is 11.0. The van der Waals surface area contributed by atoms with Gasteiger partial charge in [0, 0.05) is 0 Å². The highest BCUT2D eigenvalue weighted by Crippen LogP contribution is 1.86. The first-order chi connectivity index (χ1) is 6.50. The maximum Gasteiger partial charge on any atom is -0.00368 e. The lowest BCUT2D eigenvalue weighted by atomic mass is 10.3. The van der Waals surface area contributed by atoms with E-state index >= 15 is 0 Å². The first-order valence-corrected chi connectivity index (χ1v) is 5.62. The summed E-state index contributed by atoms with van der Waals surface area (Å²) in [6, 6.07) is 0. The highest BCUT2D eigenvalue weighted by Gasteiger charge is 1.93. The smallest absolute Gasteiger partial charge is 0.00368 e. The molecule has 0 radical (unpaired) electrons. The van der Waals surface area contributed by atoms with E-state index in [2.05, 4.69) is 16.0 Å². The van der Waals surface area contributed by atoms with Crippen LogP contribution in [0.4, 0.5) is 0 Å². The van der Waals surface area contributed by atoms with Crippen molar-refractivity contribution in [1.29, 1.82) is 0 Å². The molecule has 0 aromatic rings. The molecule has 0 aromatic heterocycles. The van der Waals surface area contributed by atoms with E-state index in [9.17, 15) is 0 Å². The second-order valence-corrected chi connectivity index (χ2v) is 3.66. The summed E-state index contributed by atoms with van der Waals surface area (Å²) < 4.78 is 0. The second-order valence-electron chi connectivity index (χ2n) is 3.66. The van der Waals surface area contributed by atoms with Crippen LogP contribution in [-0.2, 0) is 0 Å². The summed E-state index contributed by atoms with van der Waals surface area (Å²) in [4.78, 5) is 0. The Kier molecular flexibility index (Phi) is 7.15. The number of hydrogen-bond donors (Lipinski definition) is 3. The molecule has 1 aliphatic heterocycles. The van der Waals surface area contributed by atoms with Crippen LogP contribution in [0, 0.1) is 0 Å². The highest BCUT2D eigenvalue weighted by atomic mass is 14.9. The fourth-order valence-electron chi connectivity index (χ4n) is 1.55. The van der Waals surface area contributed by atoms with Gasteiger partial charge in [-0.2, -0.15) is 0 Å². The van der Waals surface area contributed by atoms with Crippen LogP contribution in [0.3, 0.4) is 0 Å². The van der Waals surface area contributed by atoms with Crippen LogP contribution >= 0.6 is 0 Å². The van der Waals surface area contributed by atoms with E-state index in [-0.39, 0.29) is 0 Å². The number of nitrogens with one attached hydrogen (secondary N) is 3. The molecule has 0 atom stereocenters. The van der Waals surface area contributed by atoms with Gasteiger partial charge in [-0.05, 0) is 65.0 Å². The molecule has 0 aromatic carbocycles. The molecule has 0 amide bonds. The summed E-state index contributed by atoms with van der Waals surface area (Å²) in [5.41, 5.74) is 0. The molecule has 78 valence electrons. The van der Waals surface area contributed by atoms with E-state index in [4.69, 9.17) is 0 Å². The summed E-state index contributed by atoms with van der Waals surface area (Å²) in [5.74, 6) is 0. The lowest BCUT2D eigenvalue weighted by Gasteiger charge is -2.04. The van der Waals surface area contributed by atoms with Gasteiger partial charge in [0.2, 0.25) is 0 Å². The molecule has 3 nitrogen and oxygen atoms in total. The van der Waals surface area contributed by atoms with E-state index in [0.717, 1.165) is 13.1 Å². The number of rotatable bonds is 0. The van der Waals surface area contributed by atoms with Gasteiger partial charge in [0.15, 0.2) is 0 Å². The molecule has 3 N–H and O–H groups in total. The van der Waals surface area contributed by atoms with Crippen LogP contribution < -0.4 is 16.0 Å². The molecule has 1 fully saturated rings. The van der Waals surface area contributed by atoms with Crippen molar-refractivity contribution in [2.24, 2.45) is 0 Å². The molecule has 13 heavy (non-hydrogen) atoms. The van der Waals surface area contributed by atoms with Gasteiger partial charge in [-0.3, -0.25) is 0 Å². The lowest BCUT2D eigenvalue weighted by Crippen LogP contribution is -2.24. The van der Waals surface area contributed by atoms with Crippen molar-refractivity contribution in [3.05, 3.63) is 0 Å². The minimum absolute atomic E-state index is 1.16. The van der Waals surface area contributed by atoms with Crippen LogP contribution in [0.2, 0.25) is 0 Å². The van der Waals surface area contributed by atoms with Gasteiger partial charge in [-0.25, -0.2) is 0 Å². The largest absolute Gasteiger partial charge is 0.317 e. The fraction of sp³-hybridized carbons (Fsp3) is 1.00. The average Bonchev–Trinajstić information content (AvgIpc) is 2.18. The SMILES string of the molecule is C1CCNCCCNCCCNC1. The quantitative estimate of drug-likeness (QED) is 0.509. The zero-order valence-corrected chi connectivity index (χ0v) is 8.57. The predicted octanol–water partition coefficient (Wildman–Crippen LogP) is 0.329. The molecule has 1 aliphatic rings. The third kappa shape index (κ3) is 6.99. The van der Waals surface area contributed by atoms with Crippen molar-refractivity contribution in [2.75, 3.05) is 39.3 Å². The van der Waals surface area contributed by atoms with Crippen molar-refractivity contribution in [2.45, 2.75) is 25.7 Å². The standard InChI is InChI=1S/C10H23N3/c1-2-6-12-8-4-10-13-9-3-7-11-5-1/h11-13H,1-10H2. The third-order valence-corrected chi connectivity index (χ3v) is 2.37. The molecule has 0 saturated carbocycles. The molecule has 1 heterocycles. The molecule has 1 saturated heterocycles. The Labute approximate surface area is 81.7 Å². The van der Waals surface area contributed by atoms with Crippen molar-refractivity contribution in [3.8, 4) is 0 Å². The Bertz CT molecular complexity index is 58.2. The van der Waals surface area contributed by atoms with Crippen LogP contribution in [0.15, 0.2) is 0 Å².